The van der Waals surface area contributed by atoms with E-state index in [0.717, 1.165) is 5.92 Å². The average molecular weight is 395 g/mol. The van der Waals surface area contributed by atoms with Crippen molar-refractivity contribution in [1.29, 1.82) is 0 Å². The van der Waals surface area contributed by atoms with Gasteiger partial charge in [-0.1, -0.05) is 175 Å². The van der Waals surface area contributed by atoms with Crippen LogP contribution in [0.25, 0.3) is 0 Å². The number of rotatable bonds is 0. The Labute approximate surface area is 181 Å². The summed E-state index contributed by atoms with van der Waals surface area (Å²) < 4.78 is 0. The van der Waals surface area contributed by atoms with Crippen molar-refractivity contribution in [3.8, 4) is 0 Å². The molecule has 0 spiro atoms. The Morgan fingerprint density at radius 2 is 0.407 bits per heavy atom. The predicted octanol–water partition coefficient (Wildman–Crippen LogP) is 12.4. The zero-order chi connectivity index (χ0) is 23.9. The monoisotopic (exact) mass is 395 g/mol. The molecule has 0 bridgehead atoms. The zero-order valence-electron chi connectivity index (χ0n) is 23.9. The van der Waals surface area contributed by atoms with Crippen LogP contribution in [0.15, 0.2) is 0 Å². The molecule has 3 aliphatic rings. The molecule has 0 nitrogen and oxygen atoms in total. The van der Waals surface area contributed by atoms with Gasteiger partial charge in [0.25, 0.3) is 0 Å². The maximum atomic E-state index is 2.31. The van der Waals surface area contributed by atoms with Gasteiger partial charge in [0.05, 0.1) is 0 Å². The van der Waals surface area contributed by atoms with Gasteiger partial charge in [0, 0.05) is 0 Å². The highest BCUT2D eigenvalue weighted by Gasteiger charge is 2.09. The van der Waals surface area contributed by atoms with Crippen molar-refractivity contribution in [3.63, 3.8) is 0 Å². The van der Waals surface area contributed by atoms with E-state index in [-0.39, 0.29) is 0 Å². The van der Waals surface area contributed by atoms with Crippen molar-refractivity contribution in [1.82, 2.24) is 0 Å². The number of hydrogen-bond donors (Lipinski definition) is 0. The Kier molecular flexibility index (Phi) is 211. The van der Waals surface area contributed by atoms with E-state index in [9.17, 15) is 0 Å². The Morgan fingerprint density at radius 1 is 0.296 bits per heavy atom. The summed E-state index contributed by atoms with van der Waals surface area (Å²) in [6, 6.07) is 0. The van der Waals surface area contributed by atoms with E-state index < -0.39 is 0 Å². The molecule has 0 heteroatoms. The molecule has 3 saturated carbocycles. The van der Waals surface area contributed by atoms with Gasteiger partial charge in [-0.25, -0.2) is 0 Å². The second kappa shape index (κ2) is 113. The second-order valence-electron chi connectivity index (χ2n) is 4.16. The Bertz CT molecular complexity index is 66.5. The molecule has 0 amide bonds. The van der Waals surface area contributed by atoms with Crippen LogP contribution in [0.5, 0.6) is 0 Å². The Hall–Kier alpha value is 0. The van der Waals surface area contributed by atoms with Crippen LogP contribution in [0, 0.1) is 5.92 Å². The molecule has 0 N–H and O–H groups in total. The smallest absolute Gasteiger partial charge is 0.0443 e. The van der Waals surface area contributed by atoms with Crippen molar-refractivity contribution in [3.05, 3.63) is 0 Å². The van der Waals surface area contributed by atoms with Gasteiger partial charge in [-0.15, -0.1) is 0 Å². The van der Waals surface area contributed by atoms with Crippen molar-refractivity contribution < 1.29 is 0 Å². The van der Waals surface area contributed by atoms with Crippen molar-refractivity contribution >= 4 is 0 Å². The van der Waals surface area contributed by atoms with Crippen molar-refractivity contribution in [2.45, 2.75) is 175 Å². The van der Waals surface area contributed by atoms with Gasteiger partial charge in [0.15, 0.2) is 0 Å². The molecule has 0 heterocycles. The Balaban J connectivity index is -0.0000000252. The molecule has 0 unspecified atom stereocenters. The maximum Gasteiger partial charge on any atom is -0.0443 e. The normalized spacial score (nSPS) is 11.9. The lowest BCUT2D eigenvalue weighted by Gasteiger charge is -2.18. The van der Waals surface area contributed by atoms with Gasteiger partial charge in [-0.05, 0) is 5.92 Å². The number of hydrogen-bond acceptors (Lipinski definition) is 0. The fourth-order valence-corrected chi connectivity index (χ4v) is 0.612. The Morgan fingerprint density at radius 3 is 0.407 bits per heavy atom. The summed E-state index contributed by atoms with van der Waals surface area (Å²) in [4.78, 5) is 0. The minimum Gasteiger partial charge on any atom is -0.0683 e. The standard InChI is InChI=1S/C5H10.2C3H6.8C2H6/c1-5-3-2-4-5;2*1-2-3-1;8*1-2/h5H,2-4H2,1H3;2*1-3H2;8*1-2H3. The molecule has 0 aromatic heterocycles. The fourth-order valence-electron chi connectivity index (χ4n) is 0.612. The van der Waals surface area contributed by atoms with Gasteiger partial charge in [0.2, 0.25) is 0 Å². The molecule has 3 rings (SSSR count). The summed E-state index contributed by atoms with van der Waals surface area (Å²) in [5.74, 6) is 1.06. The first-order valence-corrected chi connectivity index (χ1v) is 13.4. The van der Waals surface area contributed by atoms with Gasteiger partial charge in [0.1, 0.15) is 0 Å². The van der Waals surface area contributed by atoms with Crippen LogP contribution in [0.2, 0.25) is 0 Å². The summed E-state index contributed by atoms with van der Waals surface area (Å²) in [6.07, 6.45) is 13.5. The van der Waals surface area contributed by atoms with Gasteiger partial charge < -0.3 is 0 Å². The molecular formula is C27H70. The van der Waals surface area contributed by atoms with Gasteiger partial charge in [-0.2, -0.15) is 0 Å². The van der Waals surface area contributed by atoms with Crippen LogP contribution in [-0.2, 0) is 0 Å². The third-order valence-electron chi connectivity index (χ3n) is 2.10. The lowest BCUT2D eigenvalue weighted by atomic mass is 9.88. The SMILES string of the molecule is C1CC1.C1CC1.CC.CC.CC.CC.CC.CC.CC.CC.CC1CCC1. The van der Waals surface area contributed by atoms with E-state index in [1.807, 2.05) is 111 Å². The summed E-state index contributed by atoms with van der Waals surface area (Å²) in [6.45, 7) is 34.3. The molecule has 0 radical (unpaired) electrons. The van der Waals surface area contributed by atoms with Crippen LogP contribution in [0.3, 0.4) is 0 Å². The van der Waals surface area contributed by atoms with Gasteiger partial charge in [-0.3, -0.25) is 0 Å². The van der Waals surface area contributed by atoms with Crippen LogP contribution in [0.4, 0.5) is 0 Å². The van der Waals surface area contributed by atoms with E-state index in [1.165, 1.54) is 57.8 Å². The first-order valence-electron chi connectivity index (χ1n) is 13.4. The summed E-state index contributed by atoms with van der Waals surface area (Å²) >= 11 is 0. The van der Waals surface area contributed by atoms with E-state index >= 15 is 0 Å². The minimum absolute atomic E-state index is 1.06. The van der Waals surface area contributed by atoms with Gasteiger partial charge >= 0.3 is 0 Å². The van der Waals surface area contributed by atoms with E-state index in [2.05, 4.69) is 6.92 Å². The van der Waals surface area contributed by atoms with E-state index in [0.29, 0.717) is 0 Å². The van der Waals surface area contributed by atoms with Crippen LogP contribution < -0.4 is 0 Å². The highest BCUT2D eigenvalue weighted by Crippen LogP contribution is 2.24. The lowest BCUT2D eigenvalue weighted by molar-refractivity contribution is 0.346. The maximum absolute atomic E-state index is 2.31. The van der Waals surface area contributed by atoms with E-state index in [1.54, 1.807) is 0 Å². The van der Waals surface area contributed by atoms with E-state index in [4.69, 9.17) is 0 Å². The quantitative estimate of drug-likeness (QED) is 0.383. The topological polar surface area (TPSA) is 0 Å². The van der Waals surface area contributed by atoms with Crippen LogP contribution in [0.1, 0.15) is 175 Å². The van der Waals surface area contributed by atoms with Crippen LogP contribution in [-0.4, -0.2) is 0 Å². The third-order valence-corrected chi connectivity index (χ3v) is 2.10. The molecular weight excluding hydrogens is 324 g/mol. The molecule has 0 aromatic rings. The highest BCUT2D eigenvalue weighted by molar-refractivity contribution is 4.62. The largest absolute Gasteiger partial charge is 0.0683 e. The first kappa shape index (κ1) is 50.6. The molecule has 3 aliphatic carbocycles. The molecule has 0 saturated heterocycles. The zero-order valence-corrected chi connectivity index (χ0v) is 23.9. The molecule has 178 valence electrons. The second-order valence-corrected chi connectivity index (χ2v) is 4.16. The molecule has 3 fully saturated rings. The average Bonchev–Trinajstić information content (AvgIpc) is 3.68. The first-order chi connectivity index (χ1) is 13.4. The third kappa shape index (κ3) is 234. The summed E-state index contributed by atoms with van der Waals surface area (Å²) in [5, 5.41) is 0. The van der Waals surface area contributed by atoms with Crippen LogP contribution >= 0.6 is 0 Å². The highest BCUT2D eigenvalue weighted by atomic mass is 14.1. The summed E-state index contributed by atoms with van der Waals surface area (Å²) in [7, 11) is 0. The molecule has 0 aliphatic heterocycles. The van der Waals surface area contributed by atoms with Crippen molar-refractivity contribution in [2.24, 2.45) is 5.92 Å². The fraction of sp³-hybridized carbons (Fsp3) is 1.00. The predicted molar refractivity (Wildman–Crippen MR) is 142 cm³/mol. The van der Waals surface area contributed by atoms with Crippen molar-refractivity contribution in [2.75, 3.05) is 0 Å². The molecule has 27 heavy (non-hydrogen) atoms. The molecule has 0 aromatic carbocycles. The lowest BCUT2D eigenvalue weighted by Crippen LogP contribution is -2.04. The molecule has 0 atom stereocenters. The minimum atomic E-state index is 1.06. The summed E-state index contributed by atoms with van der Waals surface area (Å²) in [5.41, 5.74) is 0.